The highest BCUT2D eigenvalue weighted by atomic mass is 79.9. The molecule has 5 rings (SSSR count). The van der Waals surface area contributed by atoms with Gasteiger partial charge in [-0.25, -0.2) is 9.37 Å². The first-order valence-electron chi connectivity index (χ1n) is 6.98. The fourth-order valence-electron chi connectivity index (χ4n) is 3.68. The fourth-order valence-corrected chi connectivity index (χ4v) is 4.02. The van der Waals surface area contributed by atoms with Gasteiger partial charge in [-0.2, -0.15) is 0 Å². The Hall–Kier alpha value is -1.14. The SMILES string of the molecule is Nc1nc2cc(F)c(Br)cc2n1C1CN2CCC1CC2. The number of anilines is 1. The first-order chi connectivity index (χ1) is 9.63. The monoisotopic (exact) mass is 338 g/mol. The number of imidazole rings is 1. The quantitative estimate of drug-likeness (QED) is 0.869. The third-order valence-electron chi connectivity index (χ3n) is 4.71. The summed E-state index contributed by atoms with van der Waals surface area (Å²) in [7, 11) is 0. The average molecular weight is 339 g/mol. The molecule has 0 aliphatic carbocycles. The summed E-state index contributed by atoms with van der Waals surface area (Å²) in [5.74, 6) is 0.857. The summed E-state index contributed by atoms with van der Waals surface area (Å²) in [5.41, 5.74) is 7.68. The second-order valence-corrected chi connectivity index (χ2v) is 6.65. The van der Waals surface area contributed by atoms with Gasteiger partial charge in [0.1, 0.15) is 5.82 Å². The minimum atomic E-state index is -0.295. The van der Waals surface area contributed by atoms with E-state index in [2.05, 4.69) is 30.4 Å². The highest BCUT2D eigenvalue weighted by molar-refractivity contribution is 9.10. The summed E-state index contributed by atoms with van der Waals surface area (Å²) in [6.45, 7) is 3.40. The number of rotatable bonds is 1. The molecule has 2 aromatic rings. The smallest absolute Gasteiger partial charge is 0.201 e. The molecule has 1 unspecified atom stereocenters. The van der Waals surface area contributed by atoms with Gasteiger partial charge >= 0.3 is 0 Å². The van der Waals surface area contributed by atoms with E-state index in [1.807, 2.05) is 0 Å². The molecular formula is C14H16BrFN4. The maximum Gasteiger partial charge on any atom is 0.201 e. The highest BCUT2D eigenvalue weighted by Gasteiger charge is 2.36. The predicted octanol–water partition coefficient (Wildman–Crippen LogP) is 2.79. The molecule has 0 amide bonds. The lowest BCUT2D eigenvalue weighted by Gasteiger charge is -2.45. The van der Waals surface area contributed by atoms with E-state index in [0.29, 0.717) is 27.9 Å². The van der Waals surface area contributed by atoms with E-state index in [4.69, 9.17) is 5.73 Å². The number of hydrogen-bond donors (Lipinski definition) is 1. The summed E-state index contributed by atoms with van der Waals surface area (Å²) < 4.78 is 16.2. The number of nitrogens with two attached hydrogens (primary N) is 1. The predicted molar refractivity (Wildman–Crippen MR) is 80.0 cm³/mol. The molecule has 20 heavy (non-hydrogen) atoms. The number of aromatic nitrogens is 2. The summed E-state index contributed by atoms with van der Waals surface area (Å²) in [6, 6.07) is 3.61. The Bertz CT molecular complexity index is 675. The molecule has 4 heterocycles. The summed E-state index contributed by atoms with van der Waals surface area (Å²) in [4.78, 5) is 6.82. The Labute approximate surface area is 124 Å². The zero-order chi connectivity index (χ0) is 13.9. The van der Waals surface area contributed by atoms with Gasteiger partial charge in [0.25, 0.3) is 0 Å². The standard InChI is InChI=1S/C14H16BrFN4/c15-9-5-12-11(6-10(9)16)18-14(17)20(12)13-7-19-3-1-8(13)2-4-19/h5-6,8,13H,1-4,7H2,(H2,17,18). The lowest BCUT2D eigenvalue weighted by Crippen LogP contribution is -2.48. The van der Waals surface area contributed by atoms with Crippen molar-refractivity contribution in [3.63, 3.8) is 0 Å². The molecule has 1 atom stereocenters. The third-order valence-corrected chi connectivity index (χ3v) is 5.32. The molecule has 3 saturated heterocycles. The average Bonchev–Trinajstić information content (AvgIpc) is 2.76. The van der Waals surface area contributed by atoms with E-state index in [1.54, 1.807) is 6.07 Å². The molecule has 2 N–H and O–H groups in total. The van der Waals surface area contributed by atoms with Crippen molar-refractivity contribution in [3.05, 3.63) is 22.4 Å². The highest BCUT2D eigenvalue weighted by Crippen LogP contribution is 2.39. The first kappa shape index (κ1) is 12.6. The second-order valence-electron chi connectivity index (χ2n) is 5.80. The molecule has 6 heteroatoms. The van der Waals surface area contributed by atoms with Crippen molar-refractivity contribution in [2.45, 2.75) is 18.9 Å². The van der Waals surface area contributed by atoms with Crippen LogP contribution in [-0.2, 0) is 0 Å². The van der Waals surface area contributed by atoms with Gasteiger partial charge in [0.2, 0.25) is 5.95 Å². The molecule has 1 aromatic carbocycles. The van der Waals surface area contributed by atoms with E-state index >= 15 is 0 Å². The zero-order valence-electron chi connectivity index (χ0n) is 11.0. The lowest BCUT2D eigenvalue weighted by molar-refractivity contribution is 0.0598. The molecule has 1 aromatic heterocycles. The normalized spacial score (nSPS) is 29.2. The van der Waals surface area contributed by atoms with Crippen molar-refractivity contribution >= 4 is 32.9 Å². The fraction of sp³-hybridized carbons (Fsp3) is 0.500. The van der Waals surface area contributed by atoms with E-state index in [-0.39, 0.29) is 5.82 Å². The van der Waals surface area contributed by atoms with Crippen LogP contribution in [-0.4, -0.2) is 34.1 Å². The van der Waals surface area contributed by atoms with Crippen LogP contribution in [0.1, 0.15) is 18.9 Å². The van der Waals surface area contributed by atoms with Crippen molar-refractivity contribution in [1.29, 1.82) is 0 Å². The van der Waals surface area contributed by atoms with Crippen molar-refractivity contribution < 1.29 is 4.39 Å². The van der Waals surface area contributed by atoms with Gasteiger partial charge in [0.15, 0.2) is 0 Å². The van der Waals surface area contributed by atoms with Crippen LogP contribution in [0.3, 0.4) is 0 Å². The molecule has 0 radical (unpaired) electrons. The largest absolute Gasteiger partial charge is 0.369 e. The Morgan fingerprint density at radius 2 is 2.05 bits per heavy atom. The molecule has 2 bridgehead atoms. The zero-order valence-corrected chi connectivity index (χ0v) is 12.6. The van der Waals surface area contributed by atoms with Crippen LogP contribution in [0.4, 0.5) is 10.3 Å². The Morgan fingerprint density at radius 3 is 2.70 bits per heavy atom. The van der Waals surface area contributed by atoms with Gasteiger partial charge in [0.05, 0.1) is 21.5 Å². The molecule has 3 aliphatic heterocycles. The summed E-state index contributed by atoms with van der Waals surface area (Å²) in [5, 5.41) is 0. The van der Waals surface area contributed by atoms with Crippen LogP contribution in [0.2, 0.25) is 0 Å². The van der Waals surface area contributed by atoms with Crippen molar-refractivity contribution in [2.75, 3.05) is 25.4 Å². The maximum atomic E-state index is 13.6. The van der Waals surface area contributed by atoms with E-state index in [0.717, 1.165) is 12.1 Å². The maximum absolute atomic E-state index is 13.6. The molecular weight excluding hydrogens is 323 g/mol. The number of piperidine rings is 3. The van der Waals surface area contributed by atoms with Gasteiger partial charge in [-0.3, -0.25) is 0 Å². The topological polar surface area (TPSA) is 47.1 Å². The lowest BCUT2D eigenvalue weighted by atomic mass is 9.84. The number of nitrogens with zero attached hydrogens (tertiary/aromatic N) is 3. The number of halogens is 2. The Kier molecular flexibility index (Phi) is 2.79. The van der Waals surface area contributed by atoms with Crippen LogP contribution < -0.4 is 5.73 Å². The number of benzene rings is 1. The van der Waals surface area contributed by atoms with Crippen LogP contribution in [0.25, 0.3) is 11.0 Å². The van der Waals surface area contributed by atoms with Gasteiger partial charge < -0.3 is 15.2 Å². The molecule has 4 nitrogen and oxygen atoms in total. The minimum Gasteiger partial charge on any atom is -0.369 e. The third kappa shape index (κ3) is 1.78. The van der Waals surface area contributed by atoms with Crippen LogP contribution in [0.5, 0.6) is 0 Å². The van der Waals surface area contributed by atoms with Crippen molar-refractivity contribution in [1.82, 2.24) is 14.5 Å². The molecule has 106 valence electrons. The number of fused-ring (bicyclic) bond motifs is 4. The van der Waals surface area contributed by atoms with Gasteiger partial charge in [-0.15, -0.1) is 0 Å². The van der Waals surface area contributed by atoms with E-state index in [9.17, 15) is 4.39 Å². The van der Waals surface area contributed by atoms with Gasteiger partial charge in [-0.1, -0.05) is 0 Å². The number of hydrogen-bond acceptors (Lipinski definition) is 3. The summed E-state index contributed by atoms with van der Waals surface area (Å²) >= 11 is 3.26. The van der Waals surface area contributed by atoms with Crippen LogP contribution in [0.15, 0.2) is 16.6 Å². The van der Waals surface area contributed by atoms with Crippen molar-refractivity contribution in [2.24, 2.45) is 5.92 Å². The van der Waals surface area contributed by atoms with E-state index in [1.165, 1.54) is 32.0 Å². The van der Waals surface area contributed by atoms with Crippen molar-refractivity contribution in [3.8, 4) is 0 Å². The van der Waals surface area contributed by atoms with Gasteiger partial charge in [-0.05, 0) is 53.8 Å². The Balaban J connectivity index is 1.87. The molecule has 0 spiro atoms. The number of nitrogen functional groups attached to an aromatic ring is 1. The van der Waals surface area contributed by atoms with E-state index < -0.39 is 0 Å². The molecule has 0 saturated carbocycles. The Morgan fingerprint density at radius 1 is 1.30 bits per heavy atom. The van der Waals surface area contributed by atoms with Crippen LogP contribution >= 0.6 is 15.9 Å². The molecule has 3 fully saturated rings. The second kappa shape index (κ2) is 4.43. The molecule has 3 aliphatic rings. The van der Waals surface area contributed by atoms with Gasteiger partial charge in [0, 0.05) is 12.6 Å². The summed E-state index contributed by atoms with van der Waals surface area (Å²) in [6.07, 6.45) is 2.43. The minimum absolute atomic E-state index is 0.295. The first-order valence-corrected chi connectivity index (χ1v) is 7.77. The van der Waals surface area contributed by atoms with Crippen LogP contribution in [0, 0.1) is 11.7 Å².